The zero-order valence-corrected chi connectivity index (χ0v) is 7.55. The third kappa shape index (κ3) is 5.92. The van der Waals surface area contributed by atoms with Crippen LogP contribution < -0.4 is 5.32 Å². The molecule has 3 heteroatoms. The zero-order valence-electron chi connectivity index (χ0n) is 7.55. The topological polar surface area (TPSA) is 49.3 Å². The molecule has 0 aliphatic heterocycles. The monoisotopic (exact) mass is 171 g/mol. The van der Waals surface area contributed by atoms with Crippen molar-refractivity contribution < 1.29 is 9.90 Å². The normalized spacial score (nSPS) is 12.2. The van der Waals surface area contributed by atoms with Gasteiger partial charge in [-0.1, -0.05) is 13.0 Å². The lowest BCUT2D eigenvalue weighted by molar-refractivity contribution is -0.120. The van der Waals surface area contributed by atoms with E-state index >= 15 is 0 Å². The van der Waals surface area contributed by atoms with Crippen molar-refractivity contribution in [2.45, 2.75) is 32.3 Å². The van der Waals surface area contributed by atoms with Gasteiger partial charge in [-0.05, 0) is 12.8 Å². The molecule has 70 valence electrons. The maximum absolute atomic E-state index is 10.8. The third-order valence-electron chi connectivity index (χ3n) is 1.60. The number of carbonyl (C=O) groups is 1. The fraction of sp³-hybridized carbons (Fsp3) is 0.667. The minimum Gasteiger partial charge on any atom is -0.393 e. The van der Waals surface area contributed by atoms with Gasteiger partial charge in [0.25, 0.3) is 0 Å². The van der Waals surface area contributed by atoms with Crippen LogP contribution in [0.3, 0.4) is 0 Å². The Kier molecular flexibility index (Phi) is 6.38. The van der Waals surface area contributed by atoms with Gasteiger partial charge in [0.2, 0.25) is 5.91 Å². The second-order valence-corrected chi connectivity index (χ2v) is 2.69. The average molecular weight is 171 g/mol. The Morgan fingerprint density at radius 3 is 2.92 bits per heavy atom. The summed E-state index contributed by atoms with van der Waals surface area (Å²) in [5.41, 5.74) is 0. The largest absolute Gasteiger partial charge is 0.393 e. The smallest absolute Gasteiger partial charge is 0.223 e. The highest BCUT2D eigenvalue weighted by molar-refractivity contribution is 5.77. The van der Waals surface area contributed by atoms with Crippen molar-refractivity contribution in [2.75, 3.05) is 6.54 Å². The van der Waals surface area contributed by atoms with Crippen molar-refractivity contribution in [1.29, 1.82) is 0 Å². The van der Waals surface area contributed by atoms with Gasteiger partial charge in [-0.3, -0.25) is 4.79 Å². The molecule has 0 bridgehead atoms. The molecule has 0 saturated carbocycles. The highest BCUT2D eigenvalue weighted by Crippen LogP contribution is 1.94. The Morgan fingerprint density at radius 1 is 1.75 bits per heavy atom. The zero-order chi connectivity index (χ0) is 9.40. The summed E-state index contributed by atoms with van der Waals surface area (Å²) in [4.78, 5) is 10.8. The summed E-state index contributed by atoms with van der Waals surface area (Å²) in [5, 5.41) is 11.8. The van der Waals surface area contributed by atoms with Gasteiger partial charge in [0, 0.05) is 13.0 Å². The highest BCUT2D eigenvalue weighted by atomic mass is 16.3. The number of aliphatic hydroxyl groups excluding tert-OH is 1. The van der Waals surface area contributed by atoms with E-state index in [0.29, 0.717) is 19.4 Å². The fourth-order valence-corrected chi connectivity index (χ4v) is 0.786. The molecule has 1 unspecified atom stereocenters. The fourth-order valence-electron chi connectivity index (χ4n) is 0.786. The molecule has 0 rings (SSSR count). The maximum Gasteiger partial charge on any atom is 0.223 e. The van der Waals surface area contributed by atoms with Gasteiger partial charge in [-0.15, -0.1) is 6.58 Å². The number of aliphatic hydroxyl groups is 1. The first kappa shape index (κ1) is 11.2. The van der Waals surface area contributed by atoms with Crippen LogP contribution in [0.2, 0.25) is 0 Å². The third-order valence-corrected chi connectivity index (χ3v) is 1.60. The molecular formula is C9H17NO2. The van der Waals surface area contributed by atoms with Gasteiger partial charge in [0.15, 0.2) is 0 Å². The predicted octanol–water partition coefficient (Wildman–Crippen LogP) is 0.840. The minimum atomic E-state index is -0.297. The molecule has 1 amide bonds. The van der Waals surface area contributed by atoms with Crippen LogP contribution in [0.1, 0.15) is 26.2 Å². The number of amides is 1. The summed E-state index contributed by atoms with van der Waals surface area (Å²) in [5.74, 6) is -0.0340. The number of hydrogen-bond acceptors (Lipinski definition) is 2. The quantitative estimate of drug-likeness (QED) is 0.582. The summed E-state index contributed by atoms with van der Waals surface area (Å²) in [6.07, 6.45) is 2.97. The minimum absolute atomic E-state index is 0.0340. The molecule has 0 aromatic heterocycles. The molecule has 0 saturated heterocycles. The molecule has 2 N–H and O–H groups in total. The summed E-state index contributed by atoms with van der Waals surface area (Å²) >= 11 is 0. The SMILES string of the molecule is C=CCC(=O)NCCC(O)CC. The van der Waals surface area contributed by atoms with Crippen molar-refractivity contribution in [3.8, 4) is 0 Å². The highest BCUT2D eigenvalue weighted by Gasteiger charge is 2.01. The van der Waals surface area contributed by atoms with Gasteiger partial charge in [0.05, 0.1) is 6.10 Å². The molecule has 12 heavy (non-hydrogen) atoms. The number of rotatable bonds is 6. The lowest BCUT2D eigenvalue weighted by atomic mass is 10.2. The molecule has 0 aromatic rings. The van der Waals surface area contributed by atoms with Crippen LogP contribution in [0, 0.1) is 0 Å². The molecule has 0 fully saturated rings. The molecule has 0 heterocycles. The molecule has 0 aromatic carbocycles. The van der Waals surface area contributed by atoms with Crippen molar-refractivity contribution in [3.05, 3.63) is 12.7 Å². The van der Waals surface area contributed by atoms with Crippen LogP contribution >= 0.6 is 0 Å². The first-order valence-electron chi connectivity index (χ1n) is 4.26. The van der Waals surface area contributed by atoms with E-state index in [9.17, 15) is 4.79 Å². The predicted molar refractivity (Wildman–Crippen MR) is 48.7 cm³/mol. The Hall–Kier alpha value is -0.830. The van der Waals surface area contributed by atoms with Gasteiger partial charge in [-0.25, -0.2) is 0 Å². The Labute approximate surface area is 73.5 Å². The molecule has 0 aliphatic carbocycles. The second kappa shape index (κ2) is 6.85. The van der Waals surface area contributed by atoms with Crippen LogP contribution in [0.5, 0.6) is 0 Å². The lowest BCUT2D eigenvalue weighted by Gasteiger charge is -2.07. The van der Waals surface area contributed by atoms with Crippen LogP contribution in [-0.4, -0.2) is 23.7 Å². The molecular weight excluding hydrogens is 154 g/mol. The number of hydrogen-bond donors (Lipinski definition) is 2. The van der Waals surface area contributed by atoms with Crippen LogP contribution in [-0.2, 0) is 4.79 Å². The molecule has 0 radical (unpaired) electrons. The summed E-state index contributed by atoms with van der Waals surface area (Å²) in [6, 6.07) is 0. The Morgan fingerprint density at radius 2 is 2.42 bits per heavy atom. The van der Waals surface area contributed by atoms with E-state index in [0.717, 1.165) is 6.42 Å². The second-order valence-electron chi connectivity index (χ2n) is 2.69. The van der Waals surface area contributed by atoms with Gasteiger partial charge < -0.3 is 10.4 Å². The summed E-state index contributed by atoms with van der Waals surface area (Å²) < 4.78 is 0. The maximum atomic E-state index is 10.8. The Bertz CT molecular complexity index is 145. The van der Waals surface area contributed by atoms with Crippen molar-refractivity contribution in [3.63, 3.8) is 0 Å². The van der Waals surface area contributed by atoms with Gasteiger partial charge >= 0.3 is 0 Å². The molecule has 3 nitrogen and oxygen atoms in total. The summed E-state index contributed by atoms with van der Waals surface area (Å²) in [7, 11) is 0. The number of carbonyl (C=O) groups excluding carboxylic acids is 1. The van der Waals surface area contributed by atoms with Crippen LogP contribution in [0.4, 0.5) is 0 Å². The van der Waals surface area contributed by atoms with E-state index < -0.39 is 0 Å². The first-order valence-corrected chi connectivity index (χ1v) is 4.26. The van der Waals surface area contributed by atoms with Crippen molar-refractivity contribution in [1.82, 2.24) is 5.32 Å². The first-order chi connectivity index (χ1) is 5.70. The van der Waals surface area contributed by atoms with Gasteiger partial charge in [-0.2, -0.15) is 0 Å². The van der Waals surface area contributed by atoms with E-state index in [-0.39, 0.29) is 12.0 Å². The standard InChI is InChI=1S/C9H17NO2/c1-3-5-9(12)10-7-6-8(11)4-2/h3,8,11H,1,4-7H2,2H3,(H,10,12). The van der Waals surface area contributed by atoms with E-state index in [1.54, 1.807) is 6.08 Å². The van der Waals surface area contributed by atoms with E-state index in [2.05, 4.69) is 11.9 Å². The molecule has 1 atom stereocenters. The number of nitrogens with one attached hydrogen (secondary N) is 1. The van der Waals surface area contributed by atoms with Crippen LogP contribution in [0.15, 0.2) is 12.7 Å². The van der Waals surface area contributed by atoms with E-state index in [1.165, 1.54) is 0 Å². The average Bonchev–Trinajstić information content (AvgIpc) is 2.04. The van der Waals surface area contributed by atoms with E-state index in [4.69, 9.17) is 5.11 Å². The van der Waals surface area contributed by atoms with Crippen molar-refractivity contribution >= 4 is 5.91 Å². The van der Waals surface area contributed by atoms with Gasteiger partial charge in [0.1, 0.15) is 0 Å². The molecule has 0 spiro atoms. The Balaban J connectivity index is 3.30. The van der Waals surface area contributed by atoms with Crippen molar-refractivity contribution in [2.24, 2.45) is 0 Å². The van der Waals surface area contributed by atoms with Crippen LogP contribution in [0.25, 0.3) is 0 Å². The lowest BCUT2D eigenvalue weighted by Crippen LogP contribution is -2.26. The van der Waals surface area contributed by atoms with E-state index in [1.807, 2.05) is 6.92 Å². The molecule has 0 aliphatic rings. The summed E-state index contributed by atoms with van der Waals surface area (Å²) in [6.45, 7) is 5.91.